The molecule has 0 saturated heterocycles. The smallest absolute Gasteiger partial charge is 0.319 e. The van der Waals surface area contributed by atoms with Crippen LogP contribution in [0.4, 0.5) is 16.2 Å². The number of hydrogen-bond donors (Lipinski definition) is 6. The zero-order valence-electron chi connectivity index (χ0n) is 23.8. The molecule has 226 valence electrons. The molecular formula is C28H37N7O4S3. The van der Waals surface area contributed by atoms with E-state index in [1.807, 2.05) is 13.2 Å². The normalized spacial score (nSPS) is 11.2. The number of hydrazine groups is 1. The number of thioether (sulfide) groups is 1. The predicted octanol–water partition coefficient (Wildman–Crippen LogP) is 4.42. The van der Waals surface area contributed by atoms with E-state index in [-0.39, 0.29) is 21.5 Å². The molecule has 42 heavy (non-hydrogen) atoms. The van der Waals surface area contributed by atoms with Crippen molar-refractivity contribution >= 4 is 62.1 Å². The fourth-order valence-corrected chi connectivity index (χ4v) is 8.44. The third-order valence-electron chi connectivity index (χ3n) is 6.22. The number of aryl methyl sites for hydroxylation is 1. The van der Waals surface area contributed by atoms with E-state index in [0.29, 0.717) is 46.2 Å². The molecule has 0 unspecified atom stereocenters. The number of ketones is 1. The van der Waals surface area contributed by atoms with Gasteiger partial charge in [-0.05, 0) is 74.4 Å². The Morgan fingerprint density at radius 1 is 1.07 bits per heavy atom. The van der Waals surface area contributed by atoms with Crippen molar-refractivity contribution in [2.75, 3.05) is 18.1 Å². The molecule has 0 spiro atoms. The van der Waals surface area contributed by atoms with Gasteiger partial charge in [-0.2, -0.15) is 0 Å². The number of nitrogens with zero attached hydrogens (tertiary/aromatic N) is 1. The maximum atomic E-state index is 13.8. The van der Waals surface area contributed by atoms with Crippen LogP contribution in [0.2, 0.25) is 0 Å². The molecule has 1 heterocycles. The van der Waals surface area contributed by atoms with E-state index < -0.39 is 15.9 Å². The van der Waals surface area contributed by atoms with Crippen molar-refractivity contribution in [2.45, 2.75) is 60.1 Å². The number of sulfone groups is 1. The van der Waals surface area contributed by atoms with Crippen molar-refractivity contribution < 1.29 is 18.0 Å². The highest BCUT2D eigenvalue weighted by Crippen LogP contribution is 2.40. The highest BCUT2D eigenvalue weighted by molar-refractivity contribution is 8.01. The van der Waals surface area contributed by atoms with E-state index in [4.69, 9.17) is 17.3 Å². The van der Waals surface area contributed by atoms with E-state index in [1.165, 1.54) is 23.1 Å². The number of nitrogens with two attached hydrogens (primary N) is 3. The average Bonchev–Trinajstić information content (AvgIpc) is 3.34. The number of carbonyl (C=O) groups is 2. The summed E-state index contributed by atoms with van der Waals surface area (Å²) >= 11 is 2.74. The Balaban J connectivity index is 1.96. The second-order valence-electron chi connectivity index (χ2n) is 9.60. The minimum Gasteiger partial charge on any atom is -0.370 e. The zero-order valence-corrected chi connectivity index (χ0v) is 26.3. The van der Waals surface area contributed by atoms with Gasteiger partial charge in [0.25, 0.3) is 0 Å². The summed E-state index contributed by atoms with van der Waals surface area (Å²) in [6, 6.07) is 11.2. The van der Waals surface area contributed by atoms with Crippen molar-refractivity contribution in [3.63, 3.8) is 0 Å². The average molecular weight is 632 g/mol. The number of unbranched alkanes of at least 4 members (excludes halogenated alkanes) is 2. The number of amides is 2. The molecule has 14 heteroatoms. The lowest BCUT2D eigenvalue weighted by atomic mass is 9.97. The number of urea groups is 1. The van der Waals surface area contributed by atoms with Crippen LogP contribution in [0.25, 0.3) is 11.1 Å². The number of benzene rings is 2. The lowest BCUT2D eigenvalue weighted by Crippen LogP contribution is -2.29. The molecule has 0 aliphatic carbocycles. The summed E-state index contributed by atoms with van der Waals surface area (Å²) in [4.78, 5) is 29.2. The number of carbonyl (C=O) groups excluding carboxylic acids is 2. The molecule has 0 bridgehead atoms. The number of guanidine groups is 1. The second kappa shape index (κ2) is 15.2. The third-order valence-corrected chi connectivity index (χ3v) is 10.5. The first kappa shape index (κ1) is 33.1. The van der Waals surface area contributed by atoms with Gasteiger partial charge in [-0.15, -0.1) is 23.1 Å². The van der Waals surface area contributed by atoms with Crippen LogP contribution in [0, 0.1) is 6.92 Å². The van der Waals surface area contributed by atoms with Crippen molar-refractivity contribution in [3.05, 3.63) is 52.9 Å². The Hall–Kier alpha value is -3.43. The number of thiophene rings is 1. The summed E-state index contributed by atoms with van der Waals surface area (Å²) in [5.41, 5.74) is 16.5. The molecule has 3 rings (SSSR count). The van der Waals surface area contributed by atoms with E-state index in [2.05, 4.69) is 21.1 Å². The molecule has 2 aromatic carbocycles. The minimum absolute atomic E-state index is 0.119. The van der Waals surface area contributed by atoms with Gasteiger partial charge in [-0.3, -0.25) is 11.3 Å². The van der Waals surface area contributed by atoms with Gasteiger partial charge in [0.05, 0.1) is 25.4 Å². The monoisotopic (exact) mass is 631 g/mol. The summed E-state index contributed by atoms with van der Waals surface area (Å²) in [6.07, 6.45) is 4.68. The van der Waals surface area contributed by atoms with Gasteiger partial charge < -0.3 is 26.9 Å². The summed E-state index contributed by atoms with van der Waals surface area (Å²) in [7, 11) is -3.86. The third kappa shape index (κ3) is 8.79. The first-order valence-corrected chi connectivity index (χ1v) is 16.7. The first-order chi connectivity index (χ1) is 20.0. The molecule has 3 aromatic rings. The fraction of sp³-hybridized carbons (Fsp3) is 0.321. The van der Waals surface area contributed by atoms with E-state index >= 15 is 0 Å². The molecule has 0 fully saturated rings. The van der Waals surface area contributed by atoms with E-state index in [1.54, 1.807) is 49.4 Å². The minimum atomic E-state index is -3.86. The summed E-state index contributed by atoms with van der Waals surface area (Å²) in [5.74, 6) is 5.46. The van der Waals surface area contributed by atoms with Crippen molar-refractivity contribution in [2.24, 2.45) is 22.3 Å². The van der Waals surface area contributed by atoms with Gasteiger partial charge in [0.2, 0.25) is 9.84 Å². The topological polar surface area (TPSA) is 195 Å². The number of Topliss-reactive ketones (excluding diaryl/α,β-unsaturated/α-hetero) is 1. The Morgan fingerprint density at radius 2 is 1.83 bits per heavy atom. The molecule has 2 amide bonds. The van der Waals surface area contributed by atoms with Crippen LogP contribution >= 0.6 is 23.1 Å². The molecular weight excluding hydrogens is 595 g/mol. The molecule has 11 nitrogen and oxygen atoms in total. The van der Waals surface area contributed by atoms with Crippen molar-refractivity contribution in [3.8, 4) is 11.1 Å². The van der Waals surface area contributed by atoms with Gasteiger partial charge in [0.15, 0.2) is 5.96 Å². The van der Waals surface area contributed by atoms with Crippen LogP contribution in [0.3, 0.4) is 0 Å². The molecule has 0 aliphatic rings. The molecule has 0 aliphatic heterocycles. The van der Waals surface area contributed by atoms with Crippen LogP contribution in [-0.4, -0.2) is 39.0 Å². The fourth-order valence-electron chi connectivity index (χ4n) is 4.37. The second-order valence-corrected chi connectivity index (χ2v) is 13.7. The number of nitrogens with one attached hydrogen (secondary N) is 3. The maximum Gasteiger partial charge on any atom is 0.319 e. The molecule has 0 radical (unpaired) electrons. The quantitative estimate of drug-likeness (QED) is 0.0373. The van der Waals surface area contributed by atoms with E-state index in [9.17, 15) is 18.0 Å². The number of aliphatic imine (C=N–C) groups is 1. The van der Waals surface area contributed by atoms with Gasteiger partial charge in [0, 0.05) is 30.0 Å². The lowest BCUT2D eigenvalue weighted by Gasteiger charge is -2.17. The first-order valence-electron chi connectivity index (χ1n) is 13.2. The van der Waals surface area contributed by atoms with Gasteiger partial charge in [-0.1, -0.05) is 18.6 Å². The number of rotatable bonds is 14. The number of hydrogen-bond acceptors (Lipinski definition) is 9. The zero-order chi connectivity index (χ0) is 30.9. The largest absolute Gasteiger partial charge is 0.370 e. The number of anilines is 1. The predicted molar refractivity (Wildman–Crippen MR) is 171 cm³/mol. The van der Waals surface area contributed by atoms with Gasteiger partial charge in [0.1, 0.15) is 5.78 Å². The Bertz CT molecular complexity index is 1570. The summed E-state index contributed by atoms with van der Waals surface area (Å²) in [5, 5.41) is 5.70. The maximum absolute atomic E-state index is 13.8. The van der Waals surface area contributed by atoms with Crippen LogP contribution in [0.5, 0.6) is 0 Å². The van der Waals surface area contributed by atoms with E-state index in [0.717, 1.165) is 29.7 Å². The van der Waals surface area contributed by atoms with Crippen molar-refractivity contribution in [1.82, 2.24) is 10.7 Å². The van der Waals surface area contributed by atoms with Crippen LogP contribution in [0.15, 0.2) is 61.5 Å². The molecule has 0 atom stereocenters. The van der Waals surface area contributed by atoms with Crippen LogP contribution in [0.1, 0.15) is 43.0 Å². The Morgan fingerprint density at radius 3 is 2.50 bits per heavy atom. The van der Waals surface area contributed by atoms with Crippen molar-refractivity contribution in [1.29, 1.82) is 0 Å². The van der Waals surface area contributed by atoms with Crippen LogP contribution in [-0.2, 0) is 21.2 Å². The molecule has 1 aromatic heterocycles. The van der Waals surface area contributed by atoms with Gasteiger partial charge >= 0.3 is 6.03 Å². The highest BCUT2D eigenvalue weighted by atomic mass is 32.2. The SMILES string of the molecule is CSc1sc(CNN)cc1S(=O)(=O)c1cccc(-c2c(C)cc(N=C(N)N)cc2NC(=O)NCCCCCC(C)=O)c1. The lowest BCUT2D eigenvalue weighted by molar-refractivity contribution is -0.117. The van der Waals surface area contributed by atoms with Gasteiger partial charge in [-0.25, -0.2) is 18.2 Å². The molecule has 9 N–H and O–H groups in total. The highest BCUT2D eigenvalue weighted by Gasteiger charge is 2.25. The molecule has 0 saturated carbocycles. The summed E-state index contributed by atoms with van der Waals surface area (Å²) < 4.78 is 28.2. The standard InChI is InChI=1S/C28H37N7O4S3/c1-17-12-20(34-27(29)30)14-23(35-28(37)32-11-6-4-5-8-18(2)36)25(17)19-9-7-10-22(13-19)42(38,39)24-15-21(16-33-31)41-26(24)40-3/h7,9-10,12-15,33H,4-6,8,11,16,31H2,1-3H3,(H4,29,30,34)(H2,32,35,37). The Labute approximate surface area is 254 Å². The van der Waals surface area contributed by atoms with Crippen LogP contribution < -0.4 is 33.4 Å². The Kier molecular flexibility index (Phi) is 11.9. The summed E-state index contributed by atoms with van der Waals surface area (Å²) in [6.45, 7) is 4.18.